The number of amidine groups is 1. The molecule has 1 saturated heterocycles. The number of nitrogens with zero attached hydrogens (tertiary/aromatic N) is 3. The Bertz CT molecular complexity index is 1590. The van der Waals surface area contributed by atoms with E-state index in [1.165, 1.54) is 11.8 Å². The van der Waals surface area contributed by atoms with Crippen LogP contribution in [-0.2, 0) is 17.8 Å². The Hall–Kier alpha value is -3.87. The third kappa shape index (κ3) is 4.90. The molecule has 0 N–H and O–H groups in total. The van der Waals surface area contributed by atoms with E-state index in [4.69, 9.17) is 16.0 Å². The van der Waals surface area contributed by atoms with Crippen LogP contribution in [0.15, 0.2) is 112 Å². The summed E-state index contributed by atoms with van der Waals surface area (Å²) in [6, 6.07) is 29.9. The van der Waals surface area contributed by atoms with E-state index in [0.717, 1.165) is 32.7 Å². The van der Waals surface area contributed by atoms with Crippen molar-refractivity contribution in [3.8, 4) is 0 Å². The molecule has 5 nitrogen and oxygen atoms in total. The van der Waals surface area contributed by atoms with E-state index in [1.54, 1.807) is 17.4 Å². The highest BCUT2D eigenvalue weighted by atomic mass is 35.5. The van der Waals surface area contributed by atoms with E-state index in [0.29, 0.717) is 28.9 Å². The van der Waals surface area contributed by atoms with Gasteiger partial charge in [0.25, 0.3) is 0 Å². The van der Waals surface area contributed by atoms with Gasteiger partial charge in [0.15, 0.2) is 5.17 Å². The normalized spacial score (nSPS) is 17.1. The molecule has 182 valence electrons. The minimum atomic E-state index is -0.302. The van der Waals surface area contributed by atoms with Crippen LogP contribution in [0.3, 0.4) is 0 Å². The first-order chi connectivity index (χ1) is 18.2. The molecule has 0 bridgehead atoms. The Kier molecular flexibility index (Phi) is 6.51. The van der Waals surface area contributed by atoms with E-state index >= 15 is 0 Å². The lowest BCUT2D eigenvalue weighted by molar-refractivity contribution is -0.126. The summed E-state index contributed by atoms with van der Waals surface area (Å²) >= 11 is 7.47. The number of amides is 1. The summed E-state index contributed by atoms with van der Waals surface area (Å²) in [5.41, 5.74) is 2.04. The fourth-order valence-corrected chi connectivity index (χ4v) is 5.84. The summed E-state index contributed by atoms with van der Waals surface area (Å²) in [6.45, 7) is 0.307. The first-order valence-electron chi connectivity index (χ1n) is 11.9. The van der Waals surface area contributed by atoms with Gasteiger partial charge in [-0.15, -0.1) is 5.10 Å². The number of hydrogen-bond donors (Lipinski definition) is 0. The van der Waals surface area contributed by atoms with Crippen LogP contribution in [0.2, 0.25) is 5.02 Å². The average Bonchev–Trinajstić information content (AvgIpc) is 3.54. The zero-order valence-electron chi connectivity index (χ0n) is 19.8. The van der Waals surface area contributed by atoms with Crippen molar-refractivity contribution in [3.05, 3.63) is 119 Å². The van der Waals surface area contributed by atoms with Crippen LogP contribution in [0, 0.1) is 0 Å². The monoisotopic (exact) mass is 523 g/mol. The second-order valence-electron chi connectivity index (χ2n) is 8.80. The number of carbonyl (C=O) groups is 1. The summed E-state index contributed by atoms with van der Waals surface area (Å²) in [7, 11) is 0. The SMILES string of the molecule is O=C1C(Cc2ccc(Cl)cc2)SC(=NN=Cc2c3ccccc3cc3ccccc23)N1Cc1ccco1. The van der Waals surface area contributed by atoms with Crippen molar-refractivity contribution in [3.63, 3.8) is 0 Å². The van der Waals surface area contributed by atoms with Gasteiger partial charge < -0.3 is 4.42 Å². The second kappa shape index (κ2) is 10.2. The Balaban J connectivity index is 1.34. The van der Waals surface area contributed by atoms with Crippen molar-refractivity contribution in [2.24, 2.45) is 10.2 Å². The lowest BCUT2D eigenvalue weighted by Gasteiger charge is -2.14. The second-order valence-corrected chi connectivity index (χ2v) is 10.4. The number of rotatable bonds is 6. The van der Waals surface area contributed by atoms with Crippen LogP contribution in [-0.4, -0.2) is 27.4 Å². The van der Waals surface area contributed by atoms with Crippen molar-refractivity contribution in [1.29, 1.82) is 0 Å². The van der Waals surface area contributed by atoms with Gasteiger partial charge in [-0.1, -0.05) is 84.0 Å². The molecule has 1 amide bonds. The minimum absolute atomic E-state index is 0.0130. The molecule has 4 aromatic carbocycles. The van der Waals surface area contributed by atoms with Crippen LogP contribution in [0.4, 0.5) is 0 Å². The molecule has 5 aromatic rings. The van der Waals surface area contributed by atoms with Crippen molar-refractivity contribution in [2.45, 2.75) is 18.2 Å². The predicted octanol–water partition coefficient (Wildman–Crippen LogP) is 7.32. The van der Waals surface area contributed by atoms with Crippen molar-refractivity contribution in [1.82, 2.24) is 4.90 Å². The zero-order chi connectivity index (χ0) is 25.2. The van der Waals surface area contributed by atoms with Crippen LogP contribution < -0.4 is 0 Å². The van der Waals surface area contributed by atoms with Gasteiger partial charge in [0.05, 0.1) is 24.3 Å². The maximum atomic E-state index is 13.4. The number of thioether (sulfide) groups is 1. The average molecular weight is 524 g/mol. The largest absolute Gasteiger partial charge is 0.467 e. The van der Waals surface area contributed by atoms with Gasteiger partial charge in [-0.25, -0.2) is 0 Å². The number of fused-ring (bicyclic) bond motifs is 2. The molecule has 1 atom stereocenters. The maximum absolute atomic E-state index is 13.4. The number of furan rings is 1. The van der Waals surface area contributed by atoms with Gasteiger partial charge in [0, 0.05) is 10.6 Å². The highest BCUT2D eigenvalue weighted by Gasteiger charge is 2.38. The Morgan fingerprint density at radius 1 is 0.919 bits per heavy atom. The van der Waals surface area contributed by atoms with E-state index in [9.17, 15) is 4.79 Å². The molecule has 0 spiro atoms. The van der Waals surface area contributed by atoms with E-state index < -0.39 is 0 Å². The number of hydrogen-bond acceptors (Lipinski definition) is 5. The van der Waals surface area contributed by atoms with Gasteiger partial charge in [0.1, 0.15) is 5.76 Å². The lowest BCUT2D eigenvalue weighted by Crippen LogP contribution is -2.32. The summed E-state index contributed by atoms with van der Waals surface area (Å²) < 4.78 is 5.52. The first kappa shape index (κ1) is 23.5. The van der Waals surface area contributed by atoms with Crippen LogP contribution in [0.1, 0.15) is 16.9 Å². The summed E-state index contributed by atoms with van der Waals surface area (Å²) in [5, 5.41) is 14.5. The van der Waals surface area contributed by atoms with Crippen LogP contribution in [0.5, 0.6) is 0 Å². The molecule has 1 aliphatic heterocycles. The van der Waals surface area contributed by atoms with E-state index in [-0.39, 0.29) is 11.2 Å². The third-order valence-corrected chi connectivity index (χ3v) is 7.81. The molecule has 7 heteroatoms. The first-order valence-corrected chi connectivity index (χ1v) is 13.2. The lowest BCUT2D eigenvalue weighted by atomic mass is 9.97. The minimum Gasteiger partial charge on any atom is -0.467 e. The molecule has 0 aliphatic carbocycles. The number of benzene rings is 4. The van der Waals surface area contributed by atoms with Crippen molar-refractivity contribution >= 4 is 62.2 Å². The number of carbonyl (C=O) groups excluding carboxylic acids is 1. The molecule has 0 saturated carbocycles. The van der Waals surface area contributed by atoms with Gasteiger partial charge in [-0.2, -0.15) is 5.10 Å². The fourth-order valence-electron chi connectivity index (χ4n) is 4.58. The molecule has 2 heterocycles. The third-order valence-electron chi connectivity index (χ3n) is 6.39. The Labute approximate surface area is 223 Å². The smallest absolute Gasteiger partial charge is 0.242 e. The van der Waals surface area contributed by atoms with Crippen LogP contribution >= 0.6 is 23.4 Å². The molecular weight excluding hydrogens is 502 g/mol. The molecule has 1 aliphatic rings. The van der Waals surface area contributed by atoms with Gasteiger partial charge in [0.2, 0.25) is 5.91 Å². The molecule has 0 radical (unpaired) electrons. The van der Waals surface area contributed by atoms with Gasteiger partial charge in [-0.05, 0) is 63.9 Å². The molecule has 1 aromatic heterocycles. The summed E-state index contributed by atoms with van der Waals surface area (Å²) in [6.07, 6.45) is 3.97. The maximum Gasteiger partial charge on any atom is 0.242 e. The number of halogens is 1. The van der Waals surface area contributed by atoms with Gasteiger partial charge >= 0.3 is 0 Å². The Morgan fingerprint density at radius 2 is 1.62 bits per heavy atom. The predicted molar refractivity (Wildman–Crippen MR) is 152 cm³/mol. The molecule has 37 heavy (non-hydrogen) atoms. The summed E-state index contributed by atoms with van der Waals surface area (Å²) in [4.78, 5) is 15.1. The van der Waals surface area contributed by atoms with E-state index in [1.807, 2.05) is 60.7 Å². The molecular formula is C30H22ClN3O2S. The fraction of sp³-hybridized carbons (Fsp3) is 0.100. The highest BCUT2D eigenvalue weighted by molar-refractivity contribution is 8.15. The molecule has 6 rings (SSSR count). The Morgan fingerprint density at radius 3 is 2.30 bits per heavy atom. The standard InChI is InChI=1S/C30H22ClN3O2S/c31-23-13-11-20(12-14-23)16-28-29(35)34(19-24-8-5-15-36-24)30(37-28)33-32-18-27-25-9-3-1-6-21(25)17-22-7-2-4-10-26(22)27/h1-15,17-18,28H,16,19H2. The van der Waals surface area contributed by atoms with Crippen molar-refractivity contribution < 1.29 is 9.21 Å². The topological polar surface area (TPSA) is 58.2 Å². The molecule has 1 unspecified atom stereocenters. The van der Waals surface area contributed by atoms with Gasteiger partial charge in [-0.3, -0.25) is 9.69 Å². The zero-order valence-corrected chi connectivity index (χ0v) is 21.3. The molecule has 1 fully saturated rings. The van der Waals surface area contributed by atoms with E-state index in [2.05, 4.69) is 40.5 Å². The quantitative estimate of drug-likeness (QED) is 0.133. The van der Waals surface area contributed by atoms with Crippen molar-refractivity contribution in [2.75, 3.05) is 0 Å². The van der Waals surface area contributed by atoms with Crippen LogP contribution in [0.25, 0.3) is 21.5 Å². The summed E-state index contributed by atoms with van der Waals surface area (Å²) in [5.74, 6) is 0.679. The highest BCUT2D eigenvalue weighted by Crippen LogP contribution is 2.32.